The van der Waals surface area contributed by atoms with Gasteiger partial charge in [0.15, 0.2) is 0 Å². The molecule has 0 aliphatic heterocycles. The van der Waals surface area contributed by atoms with Gasteiger partial charge in [0.05, 0.1) is 17.8 Å². The Hall–Kier alpha value is -1.63. The predicted molar refractivity (Wildman–Crippen MR) is 88.1 cm³/mol. The molecule has 0 unspecified atom stereocenters. The van der Waals surface area contributed by atoms with E-state index in [4.69, 9.17) is 5.73 Å². The van der Waals surface area contributed by atoms with Gasteiger partial charge in [-0.3, -0.25) is 4.79 Å². The molecule has 0 saturated heterocycles. The SMILES string of the molecule is CC(C)(C)c1cn2nc(N[C@@H]3CCCC[C@@H]3C(N)=O)sc2n1. The molecule has 1 fully saturated rings. The first-order valence-electron chi connectivity index (χ1n) is 7.77. The zero-order valence-corrected chi connectivity index (χ0v) is 14.1. The fourth-order valence-electron chi connectivity index (χ4n) is 2.92. The van der Waals surface area contributed by atoms with Gasteiger partial charge in [-0.1, -0.05) is 44.9 Å². The molecule has 120 valence electrons. The number of rotatable bonds is 3. The van der Waals surface area contributed by atoms with Crippen LogP contribution < -0.4 is 11.1 Å². The lowest BCUT2D eigenvalue weighted by molar-refractivity contribution is -0.122. The second kappa shape index (κ2) is 5.53. The number of fused-ring (bicyclic) bond motifs is 1. The number of hydrogen-bond donors (Lipinski definition) is 2. The Bertz CT molecular complexity index is 652. The molecule has 22 heavy (non-hydrogen) atoms. The summed E-state index contributed by atoms with van der Waals surface area (Å²) in [5.74, 6) is -0.316. The molecule has 0 aromatic carbocycles. The number of nitrogens with two attached hydrogens (primary N) is 1. The number of nitrogens with one attached hydrogen (secondary N) is 1. The van der Waals surface area contributed by atoms with Crippen molar-refractivity contribution in [2.45, 2.75) is 57.9 Å². The van der Waals surface area contributed by atoms with Gasteiger partial charge in [-0.25, -0.2) is 9.50 Å². The van der Waals surface area contributed by atoms with E-state index >= 15 is 0 Å². The molecular weight excluding hydrogens is 298 g/mol. The van der Waals surface area contributed by atoms with Crippen LogP contribution in [0.4, 0.5) is 5.13 Å². The lowest BCUT2D eigenvalue weighted by atomic mass is 9.84. The summed E-state index contributed by atoms with van der Waals surface area (Å²) in [7, 11) is 0. The lowest BCUT2D eigenvalue weighted by Crippen LogP contribution is -2.40. The van der Waals surface area contributed by atoms with E-state index in [0.717, 1.165) is 41.5 Å². The van der Waals surface area contributed by atoms with Crippen molar-refractivity contribution in [2.24, 2.45) is 11.7 Å². The Morgan fingerprint density at radius 3 is 2.77 bits per heavy atom. The van der Waals surface area contributed by atoms with E-state index in [1.165, 1.54) is 11.3 Å². The van der Waals surface area contributed by atoms with Gasteiger partial charge in [-0.05, 0) is 12.8 Å². The number of primary amides is 1. The van der Waals surface area contributed by atoms with Crippen LogP contribution in [0.15, 0.2) is 6.20 Å². The van der Waals surface area contributed by atoms with Gasteiger partial charge >= 0.3 is 0 Å². The number of aromatic nitrogens is 3. The first-order chi connectivity index (χ1) is 10.3. The largest absolute Gasteiger partial charge is 0.369 e. The minimum atomic E-state index is -0.214. The van der Waals surface area contributed by atoms with E-state index < -0.39 is 0 Å². The molecule has 6 nitrogen and oxygen atoms in total. The number of imidazole rings is 1. The maximum Gasteiger partial charge on any atom is 0.222 e. The van der Waals surface area contributed by atoms with Crippen LogP contribution in [0.1, 0.15) is 52.1 Å². The van der Waals surface area contributed by atoms with E-state index in [2.05, 4.69) is 36.2 Å². The first-order valence-corrected chi connectivity index (χ1v) is 8.59. The third kappa shape index (κ3) is 2.95. The number of hydrogen-bond acceptors (Lipinski definition) is 5. The maximum atomic E-state index is 11.6. The summed E-state index contributed by atoms with van der Waals surface area (Å²) >= 11 is 1.52. The van der Waals surface area contributed by atoms with Crippen LogP contribution in [0.2, 0.25) is 0 Å². The van der Waals surface area contributed by atoms with E-state index in [9.17, 15) is 4.79 Å². The monoisotopic (exact) mass is 321 g/mol. The summed E-state index contributed by atoms with van der Waals surface area (Å²) in [6, 6.07) is 0.0872. The Morgan fingerprint density at radius 2 is 2.14 bits per heavy atom. The van der Waals surface area contributed by atoms with Gasteiger partial charge in [0.25, 0.3) is 0 Å². The van der Waals surface area contributed by atoms with Crippen molar-refractivity contribution in [1.29, 1.82) is 0 Å². The zero-order valence-electron chi connectivity index (χ0n) is 13.3. The maximum absolute atomic E-state index is 11.6. The van der Waals surface area contributed by atoms with Crippen LogP contribution in [-0.2, 0) is 10.2 Å². The van der Waals surface area contributed by atoms with E-state index in [-0.39, 0.29) is 23.3 Å². The average Bonchev–Trinajstić information content (AvgIpc) is 2.96. The minimum absolute atomic E-state index is 0.0153. The summed E-state index contributed by atoms with van der Waals surface area (Å²) in [4.78, 5) is 17.1. The number of amides is 1. The number of anilines is 1. The quantitative estimate of drug-likeness (QED) is 0.909. The van der Waals surface area contributed by atoms with Gasteiger partial charge in [0, 0.05) is 11.5 Å². The molecule has 0 radical (unpaired) electrons. The molecule has 3 rings (SSSR count). The van der Waals surface area contributed by atoms with Crippen molar-refractivity contribution in [3.63, 3.8) is 0 Å². The number of nitrogens with zero attached hydrogens (tertiary/aromatic N) is 3. The molecule has 2 heterocycles. The molecule has 1 aliphatic carbocycles. The highest BCUT2D eigenvalue weighted by atomic mass is 32.1. The Morgan fingerprint density at radius 1 is 1.41 bits per heavy atom. The smallest absolute Gasteiger partial charge is 0.222 e. The van der Waals surface area contributed by atoms with Gasteiger partial charge in [-0.2, -0.15) is 0 Å². The highest BCUT2D eigenvalue weighted by Gasteiger charge is 2.30. The topological polar surface area (TPSA) is 85.3 Å². The number of carbonyl (C=O) groups excluding carboxylic acids is 1. The second-order valence-corrected chi connectivity index (χ2v) is 8.01. The third-order valence-electron chi connectivity index (χ3n) is 4.25. The molecule has 2 aromatic rings. The van der Waals surface area contributed by atoms with Crippen molar-refractivity contribution in [3.8, 4) is 0 Å². The molecule has 1 amide bonds. The van der Waals surface area contributed by atoms with Crippen molar-refractivity contribution >= 4 is 27.3 Å². The van der Waals surface area contributed by atoms with Crippen molar-refractivity contribution in [2.75, 3.05) is 5.32 Å². The Kier molecular flexibility index (Phi) is 3.84. The van der Waals surface area contributed by atoms with Crippen LogP contribution in [0.5, 0.6) is 0 Å². The summed E-state index contributed by atoms with van der Waals surface area (Å²) in [6.07, 6.45) is 6.00. The normalized spacial score (nSPS) is 22.9. The van der Waals surface area contributed by atoms with Crippen molar-refractivity contribution in [3.05, 3.63) is 11.9 Å². The van der Waals surface area contributed by atoms with Crippen molar-refractivity contribution < 1.29 is 4.79 Å². The van der Waals surface area contributed by atoms with Crippen LogP contribution in [0, 0.1) is 5.92 Å². The molecule has 7 heteroatoms. The number of carbonyl (C=O) groups is 1. The second-order valence-electron chi connectivity index (χ2n) is 7.05. The predicted octanol–water partition coefficient (Wildman–Crippen LogP) is 2.54. The highest BCUT2D eigenvalue weighted by molar-refractivity contribution is 7.20. The van der Waals surface area contributed by atoms with Gasteiger partial charge in [-0.15, -0.1) is 5.10 Å². The molecular formula is C15H23N5OS. The van der Waals surface area contributed by atoms with Crippen LogP contribution in [0.3, 0.4) is 0 Å². The minimum Gasteiger partial charge on any atom is -0.369 e. The summed E-state index contributed by atoms with van der Waals surface area (Å²) in [5.41, 5.74) is 6.57. The Balaban J connectivity index is 1.79. The first kappa shape index (κ1) is 15.3. The summed E-state index contributed by atoms with van der Waals surface area (Å²) < 4.78 is 1.82. The fourth-order valence-corrected chi connectivity index (χ4v) is 3.77. The molecule has 0 bridgehead atoms. The molecule has 1 saturated carbocycles. The molecule has 2 aromatic heterocycles. The zero-order chi connectivity index (χ0) is 15.9. The van der Waals surface area contributed by atoms with Gasteiger partial charge < -0.3 is 11.1 Å². The average molecular weight is 321 g/mol. The van der Waals surface area contributed by atoms with Crippen LogP contribution in [0.25, 0.3) is 4.96 Å². The third-order valence-corrected chi connectivity index (χ3v) is 5.11. The van der Waals surface area contributed by atoms with Gasteiger partial charge in [0.1, 0.15) is 0 Å². The summed E-state index contributed by atoms with van der Waals surface area (Å²) in [6.45, 7) is 6.41. The van der Waals surface area contributed by atoms with E-state index in [0.29, 0.717) is 0 Å². The summed E-state index contributed by atoms with van der Waals surface area (Å²) in [5, 5.41) is 8.74. The molecule has 0 spiro atoms. The van der Waals surface area contributed by atoms with Gasteiger partial charge in [0.2, 0.25) is 16.0 Å². The fraction of sp³-hybridized carbons (Fsp3) is 0.667. The van der Waals surface area contributed by atoms with Crippen molar-refractivity contribution in [1.82, 2.24) is 14.6 Å². The van der Waals surface area contributed by atoms with Crippen LogP contribution >= 0.6 is 11.3 Å². The Labute approximate surface area is 134 Å². The lowest BCUT2D eigenvalue weighted by Gasteiger charge is -2.29. The molecule has 3 N–H and O–H groups in total. The van der Waals surface area contributed by atoms with Crippen LogP contribution in [-0.4, -0.2) is 26.5 Å². The molecule has 2 atom stereocenters. The highest BCUT2D eigenvalue weighted by Crippen LogP contribution is 2.30. The molecule has 1 aliphatic rings. The van der Waals surface area contributed by atoms with E-state index in [1.54, 1.807) is 0 Å². The van der Waals surface area contributed by atoms with E-state index in [1.807, 2.05) is 10.7 Å². The standard InChI is InChI=1S/C15H23N5OS/c1-15(2,3)11-8-20-14(18-11)22-13(19-20)17-10-7-5-4-6-9(10)12(16)21/h8-10H,4-7H2,1-3H3,(H2,16,21)(H,17,19)/t9-,10+/m0/s1.